The van der Waals surface area contributed by atoms with Crippen LogP contribution >= 0.6 is 0 Å². The molecule has 0 amide bonds. The lowest BCUT2D eigenvalue weighted by molar-refractivity contribution is 0.0928. The molecule has 1 atom stereocenters. The van der Waals surface area contributed by atoms with Crippen molar-refractivity contribution in [1.82, 2.24) is 9.80 Å². The van der Waals surface area contributed by atoms with Crippen LogP contribution in [0, 0.1) is 17.2 Å². The van der Waals surface area contributed by atoms with Crippen LogP contribution in [0.15, 0.2) is 0 Å². The number of piperidine rings is 1. The summed E-state index contributed by atoms with van der Waals surface area (Å²) in [4.78, 5) is 4.61. The number of nitrogens with zero attached hydrogens (tertiary/aromatic N) is 3. The summed E-state index contributed by atoms with van der Waals surface area (Å²) in [5.41, 5.74) is 0. The Balaban J connectivity index is 2.16. The Labute approximate surface area is 105 Å². The topological polar surface area (TPSA) is 50.5 Å². The van der Waals surface area contributed by atoms with E-state index in [0.29, 0.717) is 6.42 Å². The highest BCUT2D eigenvalue weighted by atomic mass is 16.3. The smallest absolute Gasteiger partial charge is 0.0639 e. The van der Waals surface area contributed by atoms with Crippen LogP contribution < -0.4 is 0 Å². The first-order chi connectivity index (χ1) is 8.11. The highest BCUT2D eigenvalue weighted by molar-refractivity contribution is 4.77. The van der Waals surface area contributed by atoms with E-state index in [9.17, 15) is 5.11 Å². The summed E-state index contributed by atoms with van der Waals surface area (Å²) in [5.74, 6) is 0.754. The number of β-amino-alcohol motifs (C(OH)–C–C–N with tert-alkyl or cyclic N) is 1. The van der Waals surface area contributed by atoms with Crippen molar-refractivity contribution in [3.8, 4) is 6.07 Å². The molecule has 0 radical (unpaired) electrons. The molecule has 0 saturated carbocycles. The van der Waals surface area contributed by atoms with Crippen LogP contribution in [0.25, 0.3) is 0 Å². The van der Waals surface area contributed by atoms with Crippen LogP contribution in [-0.4, -0.2) is 60.8 Å². The summed E-state index contributed by atoms with van der Waals surface area (Å²) in [6.45, 7) is 6.83. The Morgan fingerprint density at radius 2 is 2.12 bits per heavy atom. The van der Waals surface area contributed by atoms with E-state index in [1.54, 1.807) is 0 Å². The molecule has 0 bridgehead atoms. The molecule has 0 unspecified atom stereocenters. The molecule has 0 spiro atoms. The quantitative estimate of drug-likeness (QED) is 0.749. The Morgan fingerprint density at radius 3 is 2.65 bits per heavy atom. The minimum Gasteiger partial charge on any atom is -0.392 e. The Kier molecular flexibility index (Phi) is 6.49. The average molecular weight is 239 g/mol. The van der Waals surface area contributed by atoms with Gasteiger partial charge in [0.1, 0.15) is 0 Å². The molecule has 98 valence electrons. The molecule has 1 aliphatic heterocycles. The van der Waals surface area contributed by atoms with Crippen LogP contribution in [0.5, 0.6) is 0 Å². The fraction of sp³-hybridized carbons (Fsp3) is 0.923. The van der Waals surface area contributed by atoms with Crippen LogP contribution in [0.4, 0.5) is 0 Å². The van der Waals surface area contributed by atoms with Gasteiger partial charge in [0.2, 0.25) is 0 Å². The zero-order valence-corrected chi connectivity index (χ0v) is 11.1. The SMILES string of the molecule is C[C@H](O)CN1CCC(CN(C)CCC#N)CC1. The molecule has 0 aliphatic carbocycles. The Bertz CT molecular complexity index is 242. The molecule has 1 aliphatic rings. The maximum absolute atomic E-state index is 9.33. The van der Waals surface area contributed by atoms with Crippen molar-refractivity contribution in [2.24, 2.45) is 5.92 Å². The van der Waals surface area contributed by atoms with Crippen molar-refractivity contribution < 1.29 is 5.11 Å². The third kappa shape index (κ3) is 6.02. The molecule has 0 aromatic heterocycles. The van der Waals surface area contributed by atoms with E-state index >= 15 is 0 Å². The molecule has 1 fully saturated rings. The predicted octanol–water partition coefficient (Wildman–Crippen LogP) is 0.925. The number of likely N-dealkylation sites (tertiary alicyclic amines) is 1. The molecular formula is C13H25N3O. The third-order valence-corrected chi connectivity index (χ3v) is 3.40. The number of rotatable bonds is 6. The van der Waals surface area contributed by atoms with Gasteiger partial charge in [0, 0.05) is 26.1 Å². The minimum absolute atomic E-state index is 0.218. The molecule has 4 nitrogen and oxygen atoms in total. The van der Waals surface area contributed by atoms with Crippen molar-refractivity contribution in [2.45, 2.75) is 32.3 Å². The molecule has 0 aromatic rings. The van der Waals surface area contributed by atoms with Gasteiger partial charge in [-0.3, -0.25) is 0 Å². The highest BCUT2D eigenvalue weighted by Gasteiger charge is 2.20. The molecule has 1 heterocycles. The van der Waals surface area contributed by atoms with E-state index in [-0.39, 0.29) is 6.10 Å². The summed E-state index contributed by atoms with van der Waals surface area (Å²) in [6.07, 6.45) is 2.83. The largest absolute Gasteiger partial charge is 0.392 e. The summed E-state index contributed by atoms with van der Waals surface area (Å²) in [7, 11) is 2.10. The van der Waals surface area contributed by atoms with E-state index in [1.807, 2.05) is 6.92 Å². The second kappa shape index (κ2) is 7.65. The number of hydrogen-bond donors (Lipinski definition) is 1. The molecule has 0 aromatic carbocycles. The Hall–Kier alpha value is -0.630. The lowest BCUT2D eigenvalue weighted by atomic mass is 9.96. The summed E-state index contributed by atoms with van der Waals surface area (Å²) >= 11 is 0. The zero-order chi connectivity index (χ0) is 12.7. The molecular weight excluding hydrogens is 214 g/mol. The fourth-order valence-corrected chi connectivity index (χ4v) is 2.50. The summed E-state index contributed by atoms with van der Waals surface area (Å²) < 4.78 is 0. The first-order valence-corrected chi connectivity index (χ1v) is 6.57. The summed E-state index contributed by atoms with van der Waals surface area (Å²) in [5, 5.41) is 17.9. The predicted molar refractivity (Wildman–Crippen MR) is 68.6 cm³/mol. The number of nitriles is 1. The lowest BCUT2D eigenvalue weighted by Gasteiger charge is -2.34. The molecule has 4 heteroatoms. The van der Waals surface area contributed by atoms with Gasteiger partial charge < -0.3 is 14.9 Å². The van der Waals surface area contributed by atoms with Crippen molar-refractivity contribution in [2.75, 3.05) is 39.8 Å². The maximum atomic E-state index is 9.33. The van der Waals surface area contributed by atoms with Gasteiger partial charge in [-0.15, -0.1) is 0 Å². The van der Waals surface area contributed by atoms with Gasteiger partial charge in [-0.05, 0) is 45.8 Å². The lowest BCUT2D eigenvalue weighted by Crippen LogP contribution is -2.40. The van der Waals surface area contributed by atoms with Crippen molar-refractivity contribution in [3.05, 3.63) is 0 Å². The second-order valence-electron chi connectivity index (χ2n) is 5.26. The van der Waals surface area contributed by atoms with E-state index in [4.69, 9.17) is 5.26 Å². The third-order valence-electron chi connectivity index (χ3n) is 3.40. The van der Waals surface area contributed by atoms with E-state index < -0.39 is 0 Å². The normalized spacial score (nSPS) is 20.4. The van der Waals surface area contributed by atoms with Crippen molar-refractivity contribution in [1.29, 1.82) is 5.26 Å². The van der Waals surface area contributed by atoms with Crippen LogP contribution in [-0.2, 0) is 0 Å². The van der Waals surface area contributed by atoms with Gasteiger partial charge >= 0.3 is 0 Å². The van der Waals surface area contributed by atoms with E-state index in [1.165, 1.54) is 12.8 Å². The van der Waals surface area contributed by atoms with Gasteiger partial charge in [0.15, 0.2) is 0 Å². The van der Waals surface area contributed by atoms with Gasteiger partial charge in [-0.2, -0.15) is 5.26 Å². The monoisotopic (exact) mass is 239 g/mol. The van der Waals surface area contributed by atoms with Crippen LogP contribution in [0.1, 0.15) is 26.2 Å². The first-order valence-electron chi connectivity index (χ1n) is 6.57. The Morgan fingerprint density at radius 1 is 1.47 bits per heavy atom. The van der Waals surface area contributed by atoms with E-state index in [0.717, 1.165) is 38.6 Å². The standard InChI is InChI=1S/C13H25N3O/c1-12(17)10-16-8-4-13(5-9-16)11-15(2)7-3-6-14/h12-13,17H,3-5,7-11H2,1-2H3/t12-/m0/s1. The van der Waals surface area contributed by atoms with Crippen molar-refractivity contribution in [3.63, 3.8) is 0 Å². The van der Waals surface area contributed by atoms with Gasteiger partial charge in [-0.25, -0.2) is 0 Å². The van der Waals surface area contributed by atoms with E-state index in [2.05, 4.69) is 22.9 Å². The van der Waals surface area contributed by atoms with Gasteiger partial charge in [0.25, 0.3) is 0 Å². The van der Waals surface area contributed by atoms with Crippen LogP contribution in [0.2, 0.25) is 0 Å². The van der Waals surface area contributed by atoms with Crippen LogP contribution in [0.3, 0.4) is 0 Å². The molecule has 1 rings (SSSR count). The van der Waals surface area contributed by atoms with Gasteiger partial charge in [-0.1, -0.05) is 0 Å². The molecule has 17 heavy (non-hydrogen) atoms. The highest BCUT2D eigenvalue weighted by Crippen LogP contribution is 2.18. The number of aliphatic hydroxyl groups excluding tert-OH is 1. The number of aliphatic hydroxyl groups is 1. The first kappa shape index (κ1) is 14.4. The van der Waals surface area contributed by atoms with Gasteiger partial charge in [0.05, 0.1) is 12.2 Å². The minimum atomic E-state index is -0.218. The van der Waals surface area contributed by atoms with Crippen molar-refractivity contribution >= 4 is 0 Å². The molecule has 1 N–H and O–H groups in total. The summed E-state index contributed by atoms with van der Waals surface area (Å²) in [6, 6.07) is 2.19. The number of hydrogen-bond acceptors (Lipinski definition) is 4. The molecule has 1 saturated heterocycles. The fourth-order valence-electron chi connectivity index (χ4n) is 2.50. The zero-order valence-electron chi connectivity index (χ0n) is 11.1. The second-order valence-corrected chi connectivity index (χ2v) is 5.26. The average Bonchev–Trinajstić information content (AvgIpc) is 2.28. The maximum Gasteiger partial charge on any atom is 0.0639 e.